The fraction of sp³-hybridized carbons (Fsp3) is 0.250. The van der Waals surface area contributed by atoms with E-state index in [-0.39, 0.29) is 60.3 Å². The van der Waals surface area contributed by atoms with Crippen LogP contribution in [-0.2, 0) is 66.7 Å². The van der Waals surface area contributed by atoms with Gasteiger partial charge in [-0.1, -0.05) is 318 Å². The van der Waals surface area contributed by atoms with Crippen LogP contribution in [0.4, 0.5) is 0 Å². The van der Waals surface area contributed by atoms with Crippen molar-refractivity contribution in [3.8, 4) is 101 Å². The zero-order chi connectivity index (χ0) is 88.8. The molecule has 0 atom stereocenters. The Balaban J connectivity index is 0.000000190. The standard InChI is InChI=1S/C25H28NSi.C24H28NSi.C21H22NSi.3C14H16NSi.3Ir/c1-27(2,3)25-18-26-24(17-23(25)20-12-7-8-13-20)22-15-9-14-21(16-22)19-10-5-4-6-11-19;1-18(2)14-22-16-23(25-17-24(22)26(3,4)5)21-13-9-12-20(15-21)19-10-7-6-8-11-19;1-16-14-20(22-15-21(16)23(2,3)4)19-12-10-18(11-13-19)17-8-6-5-7-9-17;3*1-16(2,3)13-9-10-14(15-11-13)12-7-5-4-6-8-12;;;/h4-6,9-11,14,16-18,20H,7-8,12-13H2,1-3H3;6-12,15-18H,14H2,1-5H3;5-12,14-15H,1-4H3;3*4-7,9-11H,1-3H3;;;/q6*-1;;;. The third-order valence-electron chi connectivity index (χ3n) is 22.3. The van der Waals surface area contributed by atoms with Gasteiger partial charge in [-0.05, 0) is 114 Å². The second-order valence-electron chi connectivity index (χ2n) is 39.0. The van der Waals surface area contributed by atoms with Crippen molar-refractivity contribution >= 4 is 79.6 Å². The molecule has 6 nitrogen and oxygen atoms in total. The molecule has 0 amide bonds. The fourth-order valence-corrected chi connectivity index (χ4v) is 23.1. The summed E-state index contributed by atoms with van der Waals surface area (Å²) in [6, 6.07) is 114. The van der Waals surface area contributed by atoms with Crippen LogP contribution < -0.4 is 31.1 Å². The van der Waals surface area contributed by atoms with E-state index in [1.165, 1.54) is 101 Å². The molecule has 9 aromatic carbocycles. The van der Waals surface area contributed by atoms with Crippen LogP contribution in [0.3, 0.4) is 0 Å². The largest absolute Gasteiger partial charge is 0.305 e. The molecule has 127 heavy (non-hydrogen) atoms. The van der Waals surface area contributed by atoms with E-state index in [9.17, 15) is 0 Å². The first kappa shape index (κ1) is 104. The minimum absolute atomic E-state index is 0. The SMILES string of the molecule is CC(C)Cc1cc(-c2[c-]ccc(-c3ccccc3)c2)ncc1[Si](C)(C)C.C[Si](C)(C)c1ccc(-c2[c-]cccc2)nc1.C[Si](C)(C)c1ccc(-c2[c-]cccc2)nc1.C[Si](C)(C)c1ccc(-c2[c-]cccc2)nc1.C[Si](C)(C)c1cnc(-c2[c-]ccc(-c3ccccc3)c2)cc1C1CCCC1.Cc1cc(-c2[c-]cc(-c3ccccc3)cc2)ncc1[Si](C)(C)C.[Ir].[Ir].[Ir]. The molecule has 0 saturated heterocycles. The fourth-order valence-electron chi connectivity index (χ4n) is 15.1. The van der Waals surface area contributed by atoms with Gasteiger partial charge >= 0.3 is 0 Å². The quantitative estimate of drug-likeness (QED) is 0.0629. The first-order chi connectivity index (χ1) is 59.0. The van der Waals surface area contributed by atoms with E-state index in [1.807, 2.05) is 122 Å². The van der Waals surface area contributed by atoms with Crippen molar-refractivity contribution < 1.29 is 60.3 Å². The van der Waals surface area contributed by atoms with Crippen molar-refractivity contribution in [2.24, 2.45) is 5.92 Å². The minimum Gasteiger partial charge on any atom is -0.305 e. The van der Waals surface area contributed by atoms with Crippen LogP contribution in [0, 0.1) is 49.2 Å². The molecule has 1 aliphatic carbocycles. The second kappa shape index (κ2) is 47.6. The maximum atomic E-state index is 4.89. The first-order valence-corrected chi connectivity index (χ1v) is 65.0. The zero-order valence-corrected chi connectivity index (χ0v) is 91.5. The van der Waals surface area contributed by atoms with Crippen molar-refractivity contribution in [3.05, 3.63) is 363 Å². The minimum atomic E-state index is -1.41. The second-order valence-corrected chi connectivity index (χ2v) is 69.4. The summed E-state index contributed by atoms with van der Waals surface area (Å²) in [4.78, 5) is 27.9. The van der Waals surface area contributed by atoms with Crippen molar-refractivity contribution in [3.63, 3.8) is 0 Å². The van der Waals surface area contributed by atoms with E-state index in [0.29, 0.717) is 11.8 Å². The summed E-state index contributed by atoms with van der Waals surface area (Å²) in [5, 5.41) is 8.64. The summed E-state index contributed by atoms with van der Waals surface area (Å²) in [6.45, 7) is 49.3. The number of aryl methyl sites for hydroxylation is 1. The number of rotatable bonds is 18. The van der Waals surface area contributed by atoms with Crippen LogP contribution in [0.15, 0.2) is 310 Å². The topological polar surface area (TPSA) is 77.3 Å². The predicted molar refractivity (Wildman–Crippen MR) is 550 cm³/mol. The monoisotopic (exact) mass is 2300 g/mol. The van der Waals surface area contributed by atoms with Crippen LogP contribution in [0.1, 0.15) is 62.1 Å². The van der Waals surface area contributed by atoms with Gasteiger partial charge < -0.3 is 29.9 Å². The molecular weight excluding hydrogens is 2170 g/mol. The Morgan fingerprint density at radius 2 is 0.622 bits per heavy atom. The molecule has 3 radical (unpaired) electrons. The van der Waals surface area contributed by atoms with Gasteiger partial charge in [0.2, 0.25) is 0 Å². The van der Waals surface area contributed by atoms with Crippen molar-refractivity contribution in [2.75, 3.05) is 0 Å². The Hall–Kier alpha value is -8.87. The van der Waals surface area contributed by atoms with Crippen molar-refractivity contribution in [1.82, 2.24) is 29.9 Å². The predicted octanol–water partition coefficient (Wildman–Crippen LogP) is 26.7. The molecule has 0 unspecified atom stereocenters. The third kappa shape index (κ3) is 30.6. The Kier molecular flexibility index (Phi) is 38.8. The van der Waals surface area contributed by atoms with Gasteiger partial charge in [-0.25, -0.2) is 0 Å². The van der Waals surface area contributed by atoms with Gasteiger partial charge in [0.05, 0.1) is 48.4 Å². The summed E-state index contributed by atoms with van der Waals surface area (Å²) < 4.78 is 0. The Morgan fingerprint density at radius 3 is 0.953 bits per heavy atom. The van der Waals surface area contributed by atoms with Crippen molar-refractivity contribution in [2.45, 2.75) is 177 Å². The number of benzene rings is 9. The number of pyridine rings is 6. The molecule has 0 bridgehead atoms. The number of aromatic nitrogens is 6. The molecule has 1 aliphatic rings. The van der Waals surface area contributed by atoms with Crippen LogP contribution in [-0.4, -0.2) is 78.3 Å². The van der Waals surface area contributed by atoms with Crippen LogP contribution in [0.25, 0.3) is 101 Å². The molecule has 16 rings (SSSR count). The van der Waals surface area contributed by atoms with Crippen molar-refractivity contribution in [1.29, 1.82) is 0 Å². The Bertz CT molecular complexity index is 5610. The smallest absolute Gasteiger partial charge is 0.0799 e. The molecule has 0 spiro atoms. The van der Waals surface area contributed by atoms with Crippen LogP contribution in [0.2, 0.25) is 118 Å². The number of hydrogen-bond acceptors (Lipinski definition) is 6. The molecule has 6 aromatic heterocycles. The summed E-state index contributed by atoms with van der Waals surface area (Å²) in [5.41, 5.74) is 24.2. The third-order valence-corrected chi connectivity index (χ3v) is 34.6. The molecule has 661 valence electrons. The number of hydrogen-bond donors (Lipinski definition) is 0. The molecule has 0 N–H and O–H groups in total. The van der Waals surface area contributed by atoms with Crippen LogP contribution in [0.5, 0.6) is 0 Å². The van der Waals surface area contributed by atoms with Gasteiger partial charge in [0.1, 0.15) is 0 Å². The van der Waals surface area contributed by atoms with Gasteiger partial charge in [-0.2, -0.15) is 0 Å². The Morgan fingerprint density at radius 1 is 0.283 bits per heavy atom. The average molecular weight is 2300 g/mol. The zero-order valence-electron chi connectivity index (χ0n) is 78.3. The molecule has 1 saturated carbocycles. The van der Waals surface area contributed by atoms with Gasteiger partial charge in [0.15, 0.2) is 0 Å². The molecule has 15 heteroatoms. The number of nitrogens with zero attached hydrogens (tertiary/aromatic N) is 6. The molecule has 1 fully saturated rings. The summed E-state index contributed by atoms with van der Waals surface area (Å²) in [5.74, 6) is 1.35. The van der Waals surface area contributed by atoms with Gasteiger partial charge in [-0.3, -0.25) is 0 Å². The Labute approximate surface area is 809 Å². The molecule has 0 aliphatic heterocycles. The van der Waals surface area contributed by atoms with Gasteiger partial charge in [0.25, 0.3) is 0 Å². The normalized spacial score (nSPS) is 12.0. The van der Waals surface area contributed by atoms with E-state index in [1.54, 1.807) is 5.56 Å². The van der Waals surface area contributed by atoms with Crippen LogP contribution >= 0.6 is 0 Å². The van der Waals surface area contributed by atoms with Gasteiger partial charge in [-0.15, -0.1) is 208 Å². The summed E-state index contributed by atoms with van der Waals surface area (Å²) >= 11 is 0. The molecule has 15 aromatic rings. The van der Waals surface area contributed by atoms with E-state index >= 15 is 0 Å². The maximum absolute atomic E-state index is 4.89. The maximum Gasteiger partial charge on any atom is 0.0799 e. The van der Waals surface area contributed by atoms with Gasteiger partial charge in [0, 0.05) is 97.5 Å². The molecule has 6 heterocycles. The first-order valence-electron chi connectivity index (χ1n) is 44.0. The van der Waals surface area contributed by atoms with E-state index in [0.717, 1.165) is 74.0 Å². The summed E-state index contributed by atoms with van der Waals surface area (Å²) in [7, 11) is -7.83. The van der Waals surface area contributed by atoms with E-state index < -0.39 is 48.4 Å². The summed E-state index contributed by atoms with van der Waals surface area (Å²) in [6.07, 6.45) is 18.9. The average Bonchev–Trinajstić information content (AvgIpc) is 1.78. The molecular formula is C112H126Ir3N6Si6-6. The van der Waals surface area contributed by atoms with E-state index in [4.69, 9.17) is 9.97 Å². The van der Waals surface area contributed by atoms with E-state index in [2.05, 4.69) is 383 Å².